The zero-order chi connectivity index (χ0) is 27.5. The Morgan fingerprint density at radius 3 is 1.94 bits per heavy atom. The van der Waals surface area contributed by atoms with Crippen molar-refractivity contribution in [3.05, 3.63) is 0 Å². The van der Waals surface area contributed by atoms with Gasteiger partial charge in [0.15, 0.2) is 0 Å². The van der Waals surface area contributed by atoms with Gasteiger partial charge >= 0.3 is 5.97 Å². The van der Waals surface area contributed by atoms with Crippen molar-refractivity contribution in [2.75, 3.05) is 54.2 Å². The first-order valence-corrected chi connectivity index (χ1v) is 11.2. The van der Waals surface area contributed by atoms with Crippen LogP contribution in [0, 0.1) is 5.92 Å². The van der Waals surface area contributed by atoms with E-state index in [-0.39, 0.29) is 43.9 Å². The standard InChI is InChI=1S/C18H30FNO6.C2H4O3.2CH4O/c1-20(8-4-2-3-5-11-26-19)18(23)15-6-7-16(24-12-9-21)17(14-15)25-13-10-22;3-1-2(4)5;2*1-2/h9-10,15-17H,2-8,11-14H2,1H3;3H,1H2,(H,4,5);2*2H,1H3. The number of unbranched alkanes of at least 4 members (excludes halogenated alkanes) is 3. The van der Waals surface area contributed by atoms with E-state index < -0.39 is 12.6 Å². The van der Waals surface area contributed by atoms with Crippen LogP contribution in [0.4, 0.5) is 4.53 Å². The highest BCUT2D eigenvalue weighted by Crippen LogP contribution is 2.30. The Labute approximate surface area is 205 Å². The lowest BCUT2D eigenvalue weighted by Crippen LogP contribution is -2.44. The second kappa shape index (κ2) is 28.2. The summed E-state index contributed by atoms with van der Waals surface area (Å²) in [4.78, 5) is 48.1. The van der Waals surface area contributed by atoms with Gasteiger partial charge in [-0.05, 0) is 36.6 Å². The third-order valence-electron chi connectivity index (χ3n) is 4.81. The van der Waals surface area contributed by atoms with Gasteiger partial charge < -0.3 is 44.4 Å². The molecule has 12 nitrogen and oxygen atoms in total. The first-order chi connectivity index (χ1) is 16.9. The number of carboxylic acids is 1. The lowest BCUT2D eigenvalue weighted by atomic mass is 9.84. The smallest absolute Gasteiger partial charge is 0.329 e. The van der Waals surface area contributed by atoms with Crippen LogP contribution < -0.4 is 0 Å². The summed E-state index contributed by atoms with van der Waals surface area (Å²) >= 11 is 0. The van der Waals surface area contributed by atoms with Gasteiger partial charge in [0.1, 0.15) is 32.4 Å². The van der Waals surface area contributed by atoms with E-state index in [9.17, 15) is 18.9 Å². The molecule has 0 spiro atoms. The highest BCUT2D eigenvalue weighted by molar-refractivity contribution is 5.78. The average Bonchev–Trinajstić information content (AvgIpc) is 2.90. The molecule has 1 fully saturated rings. The van der Waals surface area contributed by atoms with Crippen LogP contribution in [-0.4, -0.2) is 116 Å². The molecule has 0 aromatic heterocycles. The Hall–Kier alpha value is -2.03. The zero-order valence-corrected chi connectivity index (χ0v) is 20.8. The Morgan fingerprint density at radius 1 is 0.943 bits per heavy atom. The summed E-state index contributed by atoms with van der Waals surface area (Å²) in [6, 6.07) is 0. The van der Waals surface area contributed by atoms with Crippen molar-refractivity contribution < 1.29 is 58.5 Å². The molecule has 0 radical (unpaired) electrons. The first kappa shape index (κ1) is 37.5. The molecule has 0 saturated heterocycles. The van der Waals surface area contributed by atoms with Gasteiger partial charge in [-0.1, -0.05) is 12.8 Å². The maximum absolute atomic E-state index is 12.6. The molecule has 1 amide bonds. The summed E-state index contributed by atoms with van der Waals surface area (Å²) < 4.78 is 22.5. The molecule has 0 aromatic rings. The molecule has 0 aliphatic heterocycles. The number of carbonyl (C=O) groups is 4. The molecule has 0 aromatic carbocycles. The minimum absolute atomic E-state index is 0.0163. The van der Waals surface area contributed by atoms with Crippen molar-refractivity contribution in [1.82, 2.24) is 4.90 Å². The van der Waals surface area contributed by atoms with Crippen LogP contribution in [0.15, 0.2) is 0 Å². The molecular formula is C22H42FNO11. The molecule has 208 valence electrons. The molecule has 1 aliphatic carbocycles. The van der Waals surface area contributed by atoms with E-state index >= 15 is 0 Å². The monoisotopic (exact) mass is 515 g/mol. The Kier molecular flexibility index (Phi) is 30.2. The number of aliphatic hydroxyl groups excluding tert-OH is 3. The number of halogens is 1. The summed E-state index contributed by atoms with van der Waals surface area (Å²) in [6.45, 7) is -0.0777. The van der Waals surface area contributed by atoms with Crippen LogP contribution in [0.2, 0.25) is 0 Å². The first-order valence-electron chi connectivity index (χ1n) is 11.2. The Bertz CT molecular complexity index is 526. The minimum Gasteiger partial charge on any atom is -0.480 e. The van der Waals surface area contributed by atoms with E-state index in [0.717, 1.165) is 33.5 Å². The molecule has 3 unspecified atom stereocenters. The highest BCUT2D eigenvalue weighted by Gasteiger charge is 2.36. The molecule has 35 heavy (non-hydrogen) atoms. The SMILES string of the molecule is CN(CCCCCCOF)C(=O)C1CCC(OCC=O)C(OCC=O)C1.CO.CO.O=C(O)CO. The number of rotatable bonds is 15. The Morgan fingerprint density at radius 2 is 1.46 bits per heavy atom. The van der Waals surface area contributed by atoms with Gasteiger partial charge in [-0.3, -0.25) is 4.79 Å². The van der Waals surface area contributed by atoms with Crippen LogP contribution in [0.5, 0.6) is 0 Å². The highest BCUT2D eigenvalue weighted by atomic mass is 19.3. The van der Waals surface area contributed by atoms with E-state index in [1.807, 2.05) is 0 Å². The van der Waals surface area contributed by atoms with Crippen molar-refractivity contribution >= 4 is 24.4 Å². The van der Waals surface area contributed by atoms with Gasteiger partial charge in [-0.25, -0.2) is 4.79 Å². The molecule has 1 rings (SSSR count). The molecule has 0 heterocycles. The van der Waals surface area contributed by atoms with Gasteiger partial charge in [0.25, 0.3) is 0 Å². The van der Waals surface area contributed by atoms with E-state index in [4.69, 9.17) is 34.7 Å². The van der Waals surface area contributed by atoms with Crippen LogP contribution in [0.3, 0.4) is 0 Å². The number of aliphatic hydroxyl groups is 3. The quantitative estimate of drug-likeness (QED) is 0.172. The lowest BCUT2D eigenvalue weighted by Gasteiger charge is -2.36. The average molecular weight is 516 g/mol. The van der Waals surface area contributed by atoms with Crippen molar-refractivity contribution in [2.24, 2.45) is 5.92 Å². The summed E-state index contributed by atoms with van der Waals surface area (Å²) in [6.07, 6.45) is 5.80. The molecule has 3 atom stereocenters. The fraction of sp³-hybridized carbons (Fsp3) is 0.818. The van der Waals surface area contributed by atoms with Crippen molar-refractivity contribution in [2.45, 2.75) is 57.2 Å². The topological polar surface area (TPSA) is 180 Å². The number of carbonyl (C=O) groups excluding carboxylic acids is 3. The molecule has 1 aliphatic rings. The minimum atomic E-state index is -1.19. The number of ether oxygens (including phenoxy) is 2. The maximum atomic E-state index is 12.6. The fourth-order valence-electron chi connectivity index (χ4n) is 3.30. The van der Waals surface area contributed by atoms with Gasteiger partial charge in [-0.15, -0.1) is 0 Å². The second-order valence-corrected chi connectivity index (χ2v) is 7.13. The van der Waals surface area contributed by atoms with Gasteiger partial charge in [0.05, 0.1) is 18.8 Å². The number of aldehydes is 2. The summed E-state index contributed by atoms with van der Waals surface area (Å²) in [7, 11) is 3.78. The van der Waals surface area contributed by atoms with Gasteiger partial charge in [0.2, 0.25) is 5.91 Å². The number of hydrogen-bond acceptors (Lipinski definition) is 10. The van der Waals surface area contributed by atoms with E-state index in [2.05, 4.69) is 4.94 Å². The van der Waals surface area contributed by atoms with Crippen LogP contribution in [0.25, 0.3) is 0 Å². The van der Waals surface area contributed by atoms with Crippen molar-refractivity contribution in [3.63, 3.8) is 0 Å². The summed E-state index contributed by atoms with van der Waals surface area (Å²) in [5.74, 6) is -1.30. The molecule has 4 N–H and O–H groups in total. The van der Waals surface area contributed by atoms with Crippen LogP contribution >= 0.6 is 0 Å². The molecule has 1 saturated carbocycles. The van der Waals surface area contributed by atoms with Gasteiger partial charge in [0, 0.05) is 33.7 Å². The normalized spacial score (nSPS) is 18.3. The summed E-state index contributed by atoms with van der Waals surface area (Å²) in [5.41, 5.74) is 0. The maximum Gasteiger partial charge on any atom is 0.329 e. The van der Waals surface area contributed by atoms with Crippen LogP contribution in [0.1, 0.15) is 44.9 Å². The number of carboxylic acid groups (broad SMARTS) is 1. The van der Waals surface area contributed by atoms with Crippen molar-refractivity contribution in [1.29, 1.82) is 0 Å². The third-order valence-corrected chi connectivity index (χ3v) is 4.81. The lowest BCUT2D eigenvalue weighted by molar-refractivity contribution is -0.146. The van der Waals surface area contributed by atoms with E-state index in [1.165, 1.54) is 0 Å². The number of amides is 1. The molecular weight excluding hydrogens is 473 g/mol. The summed E-state index contributed by atoms with van der Waals surface area (Å²) in [5, 5.41) is 29.0. The largest absolute Gasteiger partial charge is 0.480 e. The number of nitrogens with zero attached hydrogens (tertiary/aromatic N) is 1. The molecule has 0 bridgehead atoms. The zero-order valence-electron chi connectivity index (χ0n) is 20.8. The predicted molar refractivity (Wildman–Crippen MR) is 123 cm³/mol. The number of aliphatic carboxylic acids is 1. The second-order valence-electron chi connectivity index (χ2n) is 7.13. The number of hydrogen-bond donors (Lipinski definition) is 4. The van der Waals surface area contributed by atoms with Gasteiger partial charge in [-0.2, -0.15) is 4.94 Å². The van der Waals surface area contributed by atoms with E-state index in [1.54, 1.807) is 11.9 Å². The fourth-order valence-corrected chi connectivity index (χ4v) is 3.30. The molecule has 13 heteroatoms. The van der Waals surface area contributed by atoms with Crippen molar-refractivity contribution in [3.8, 4) is 0 Å². The van der Waals surface area contributed by atoms with Crippen LogP contribution in [-0.2, 0) is 33.6 Å². The third kappa shape index (κ3) is 21.0. The predicted octanol–water partition coefficient (Wildman–Crippen LogP) is 0.155. The van der Waals surface area contributed by atoms with E-state index in [0.29, 0.717) is 44.8 Å². The Balaban J connectivity index is -0.000000987.